The summed E-state index contributed by atoms with van der Waals surface area (Å²) in [7, 11) is 1.62. The number of halogens is 3. The number of hydrogen-bond acceptors (Lipinski definition) is 3. The van der Waals surface area contributed by atoms with Gasteiger partial charge in [-0.15, -0.1) is 0 Å². The lowest BCUT2D eigenvalue weighted by Crippen LogP contribution is -2.26. The average molecular weight is 425 g/mol. The topological polar surface area (TPSA) is 58.2 Å². The van der Waals surface area contributed by atoms with Crippen molar-refractivity contribution in [3.63, 3.8) is 0 Å². The van der Waals surface area contributed by atoms with Crippen molar-refractivity contribution in [3.8, 4) is 16.9 Å². The van der Waals surface area contributed by atoms with Crippen molar-refractivity contribution in [1.82, 2.24) is 15.1 Å². The fraction of sp³-hybridized carbons (Fsp3) is 0.130. The van der Waals surface area contributed by atoms with Crippen LogP contribution in [0, 0.1) is 5.82 Å². The van der Waals surface area contributed by atoms with Gasteiger partial charge in [0.1, 0.15) is 11.6 Å². The van der Waals surface area contributed by atoms with Gasteiger partial charge in [0.2, 0.25) is 0 Å². The maximum atomic E-state index is 13.6. The second-order valence-electron chi connectivity index (χ2n) is 7.01. The number of rotatable bonds is 6. The molecule has 8 heteroatoms. The van der Waals surface area contributed by atoms with E-state index in [1.807, 2.05) is 18.2 Å². The van der Waals surface area contributed by atoms with E-state index in [4.69, 9.17) is 0 Å². The molecule has 0 saturated heterocycles. The Bertz CT molecular complexity index is 1240. The fourth-order valence-corrected chi connectivity index (χ4v) is 3.45. The first-order valence-electron chi connectivity index (χ1n) is 9.43. The third-order valence-electron chi connectivity index (χ3n) is 4.90. The smallest absolute Gasteiger partial charge is 0.387 e. The number of fused-ring (bicyclic) bond motifs is 1. The quantitative estimate of drug-likeness (QED) is 0.460. The van der Waals surface area contributed by atoms with Gasteiger partial charge >= 0.3 is 6.61 Å². The number of H-pyrrole nitrogens is 1. The highest BCUT2D eigenvalue weighted by atomic mass is 19.3. The number of carbonyl (C=O) groups is 1. The summed E-state index contributed by atoms with van der Waals surface area (Å²) in [5.74, 6) is -1.08. The number of carbonyl (C=O) groups excluding carboxylic acids is 1. The number of aromatic amines is 1. The maximum Gasteiger partial charge on any atom is 0.387 e. The van der Waals surface area contributed by atoms with Crippen molar-refractivity contribution < 1.29 is 22.7 Å². The summed E-state index contributed by atoms with van der Waals surface area (Å²) >= 11 is 0. The molecule has 1 N–H and O–H groups in total. The molecule has 158 valence electrons. The number of benzene rings is 3. The zero-order valence-corrected chi connectivity index (χ0v) is 16.5. The van der Waals surface area contributed by atoms with Crippen LogP contribution in [-0.2, 0) is 6.54 Å². The number of para-hydroxylation sites is 1. The van der Waals surface area contributed by atoms with E-state index < -0.39 is 12.4 Å². The van der Waals surface area contributed by atoms with Crippen molar-refractivity contribution >= 4 is 16.8 Å². The van der Waals surface area contributed by atoms with Crippen molar-refractivity contribution in [1.29, 1.82) is 0 Å². The Kier molecular flexibility index (Phi) is 5.62. The molecule has 0 atom stereocenters. The van der Waals surface area contributed by atoms with Gasteiger partial charge in [0.15, 0.2) is 0 Å². The molecule has 4 rings (SSSR count). The highest BCUT2D eigenvalue weighted by Gasteiger charge is 2.19. The van der Waals surface area contributed by atoms with Gasteiger partial charge < -0.3 is 9.64 Å². The van der Waals surface area contributed by atoms with Gasteiger partial charge in [-0.3, -0.25) is 9.89 Å². The SMILES string of the molecule is CN(Cc1cccc2cn[nH]c12)C(=O)c1ccc(-c2cccc(F)c2)c(OC(F)F)c1. The van der Waals surface area contributed by atoms with E-state index in [-0.39, 0.29) is 29.3 Å². The first-order chi connectivity index (χ1) is 14.9. The van der Waals surface area contributed by atoms with Crippen LogP contribution in [0.25, 0.3) is 22.0 Å². The van der Waals surface area contributed by atoms with E-state index in [0.29, 0.717) is 5.56 Å². The summed E-state index contributed by atoms with van der Waals surface area (Å²) in [6, 6.07) is 15.4. The molecule has 0 fully saturated rings. The lowest BCUT2D eigenvalue weighted by molar-refractivity contribution is -0.0495. The van der Waals surface area contributed by atoms with Gasteiger partial charge in [0.25, 0.3) is 5.91 Å². The minimum absolute atomic E-state index is 0.176. The minimum Gasteiger partial charge on any atom is -0.434 e. The summed E-state index contributed by atoms with van der Waals surface area (Å²) in [4.78, 5) is 14.4. The van der Waals surface area contributed by atoms with Gasteiger partial charge in [-0.05, 0) is 41.5 Å². The number of ether oxygens (including phenoxy) is 1. The molecule has 3 aromatic carbocycles. The third-order valence-corrected chi connectivity index (χ3v) is 4.90. The number of hydrogen-bond donors (Lipinski definition) is 1. The third kappa shape index (κ3) is 4.37. The van der Waals surface area contributed by atoms with E-state index in [9.17, 15) is 18.0 Å². The second-order valence-corrected chi connectivity index (χ2v) is 7.01. The van der Waals surface area contributed by atoms with Crippen LogP contribution in [0.15, 0.2) is 66.9 Å². The Hall–Kier alpha value is -3.81. The molecule has 1 aromatic heterocycles. The number of nitrogens with one attached hydrogen (secondary N) is 1. The molecule has 0 aliphatic carbocycles. The molecule has 0 bridgehead atoms. The lowest BCUT2D eigenvalue weighted by atomic mass is 10.0. The molecule has 0 aliphatic rings. The van der Waals surface area contributed by atoms with Gasteiger partial charge in [-0.1, -0.05) is 30.3 Å². The molecule has 1 heterocycles. The molecular weight excluding hydrogens is 407 g/mol. The van der Waals surface area contributed by atoms with Crippen molar-refractivity contribution in [3.05, 3.63) is 83.8 Å². The summed E-state index contributed by atoms with van der Waals surface area (Å²) in [6.45, 7) is -2.80. The monoisotopic (exact) mass is 425 g/mol. The Morgan fingerprint density at radius 3 is 2.71 bits per heavy atom. The van der Waals surface area contributed by atoms with E-state index >= 15 is 0 Å². The Morgan fingerprint density at radius 2 is 1.94 bits per heavy atom. The van der Waals surface area contributed by atoms with Crippen LogP contribution in [0.3, 0.4) is 0 Å². The standard InChI is InChI=1S/C23H18F3N3O2/c1-29(13-17-6-2-5-16-12-27-28-21(16)17)22(30)15-8-9-19(20(11-15)31-23(25)26)14-4-3-7-18(24)10-14/h2-12,23H,13H2,1H3,(H,27,28). The first kappa shape index (κ1) is 20.5. The molecule has 4 aromatic rings. The molecule has 0 saturated carbocycles. The van der Waals surface area contributed by atoms with E-state index in [0.717, 1.165) is 16.5 Å². The average Bonchev–Trinajstić information content (AvgIpc) is 3.22. The number of amides is 1. The maximum absolute atomic E-state index is 13.6. The summed E-state index contributed by atoms with van der Waals surface area (Å²) < 4.78 is 44.2. The van der Waals surface area contributed by atoms with E-state index in [2.05, 4.69) is 14.9 Å². The Labute approximate surface area is 176 Å². The van der Waals surface area contributed by atoms with Crippen molar-refractivity contribution in [2.45, 2.75) is 13.2 Å². The van der Waals surface area contributed by atoms with E-state index in [1.54, 1.807) is 19.3 Å². The predicted molar refractivity (Wildman–Crippen MR) is 110 cm³/mol. The van der Waals surface area contributed by atoms with Crippen molar-refractivity contribution in [2.24, 2.45) is 0 Å². The molecule has 5 nitrogen and oxygen atoms in total. The molecule has 0 spiro atoms. The van der Waals surface area contributed by atoms with Crippen LogP contribution < -0.4 is 4.74 Å². The van der Waals surface area contributed by atoms with E-state index in [1.165, 1.54) is 41.3 Å². The van der Waals surface area contributed by atoms with Crippen LogP contribution in [-0.4, -0.2) is 34.7 Å². The van der Waals surface area contributed by atoms with Gasteiger partial charge in [0.05, 0.1) is 11.7 Å². The molecular formula is C23H18F3N3O2. The molecule has 0 aliphatic heterocycles. The number of alkyl halides is 2. The van der Waals surface area contributed by atoms with Crippen molar-refractivity contribution in [2.75, 3.05) is 7.05 Å². The minimum atomic E-state index is -3.09. The van der Waals surface area contributed by atoms with Gasteiger partial charge in [-0.2, -0.15) is 13.9 Å². The zero-order chi connectivity index (χ0) is 22.0. The lowest BCUT2D eigenvalue weighted by Gasteiger charge is -2.19. The van der Waals surface area contributed by atoms with Crippen LogP contribution >= 0.6 is 0 Å². The van der Waals surface area contributed by atoms with Gasteiger partial charge in [0, 0.05) is 30.1 Å². The number of nitrogens with zero attached hydrogens (tertiary/aromatic N) is 2. The summed E-state index contributed by atoms with van der Waals surface area (Å²) in [5, 5.41) is 7.85. The fourth-order valence-electron chi connectivity index (χ4n) is 3.45. The predicted octanol–water partition coefficient (Wildman–Crippen LogP) is 5.24. The second kappa shape index (κ2) is 8.51. The Balaban J connectivity index is 1.63. The highest BCUT2D eigenvalue weighted by Crippen LogP contribution is 2.33. The highest BCUT2D eigenvalue weighted by molar-refractivity contribution is 5.95. The molecule has 0 radical (unpaired) electrons. The zero-order valence-electron chi connectivity index (χ0n) is 16.5. The van der Waals surface area contributed by atoms with Crippen LogP contribution in [0.2, 0.25) is 0 Å². The number of aromatic nitrogens is 2. The normalized spacial score (nSPS) is 11.1. The van der Waals surface area contributed by atoms with Crippen LogP contribution in [0.1, 0.15) is 15.9 Å². The molecule has 1 amide bonds. The summed E-state index contributed by atoms with van der Waals surface area (Å²) in [6.07, 6.45) is 1.69. The molecule has 31 heavy (non-hydrogen) atoms. The Morgan fingerprint density at radius 1 is 1.13 bits per heavy atom. The summed E-state index contributed by atoms with van der Waals surface area (Å²) in [5.41, 5.74) is 2.50. The first-order valence-corrected chi connectivity index (χ1v) is 9.43. The largest absolute Gasteiger partial charge is 0.434 e. The van der Waals surface area contributed by atoms with Crippen LogP contribution in [0.5, 0.6) is 5.75 Å². The molecule has 0 unspecified atom stereocenters. The van der Waals surface area contributed by atoms with Gasteiger partial charge in [-0.25, -0.2) is 4.39 Å². The van der Waals surface area contributed by atoms with Crippen LogP contribution in [0.4, 0.5) is 13.2 Å².